The summed E-state index contributed by atoms with van der Waals surface area (Å²) in [5.74, 6) is 1.04. The lowest BCUT2D eigenvalue weighted by atomic mass is 10.1. The quantitative estimate of drug-likeness (QED) is 0.731. The van der Waals surface area contributed by atoms with Crippen LogP contribution >= 0.6 is 11.6 Å². The summed E-state index contributed by atoms with van der Waals surface area (Å²) in [7, 11) is 2.01. The van der Waals surface area contributed by atoms with Crippen molar-refractivity contribution in [1.29, 1.82) is 0 Å². The maximum absolute atomic E-state index is 6.06. The van der Waals surface area contributed by atoms with Crippen LogP contribution in [-0.2, 0) is 7.05 Å². The van der Waals surface area contributed by atoms with Crippen LogP contribution < -0.4 is 5.73 Å². The first kappa shape index (κ1) is 11.2. The second kappa shape index (κ2) is 3.78. The van der Waals surface area contributed by atoms with Gasteiger partial charge in [0.05, 0.1) is 0 Å². The van der Waals surface area contributed by atoms with E-state index in [1.54, 1.807) is 6.07 Å². The summed E-state index contributed by atoms with van der Waals surface area (Å²) in [6, 6.07) is 7.52. The third kappa shape index (κ3) is 1.49. The summed E-state index contributed by atoms with van der Waals surface area (Å²) in [5, 5.41) is 5.47. The second-order valence-corrected chi connectivity index (χ2v) is 4.73. The average molecular weight is 262 g/mol. The van der Waals surface area contributed by atoms with E-state index >= 15 is 0 Å². The summed E-state index contributed by atoms with van der Waals surface area (Å²) in [5.41, 5.74) is 8.78. The standard InChI is InChI=1S/C13H12ClN3O/c1-7-13(11-6-12(15)16-18-11)9-5-8(14)3-4-10(9)17(7)2/h3-6H,1-2H3,(H2,15,16). The third-order valence-electron chi connectivity index (χ3n) is 3.23. The van der Waals surface area contributed by atoms with Crippen molar-refractivity contribution in [2.75, 3.05) is 5.73 Å². The van der Waals surface area contributed by atoms with Crippen LogP contribution in [0.3, 0.4) is 0 Å². The summed E-state index contributed by atoms with van der Waals surface area (Å²) >= 11 is 6.06. The van der Waals surface area contributed by atoms with Crippen molar-refractivity contribution >= 4 is 28.3 Å². The van der Waals surface area contributed by atoms with Crippen LogP contribution in [0.5, 0.6) is 0 Å². The Morgan fingerprint density at radius 1 is 1.33 bits per heavy atom. The minimum atomic E-state index is 0.378. The molecule has 1 aromatic carbocycles. The zero-order valence-corrected chi connectivity index (χ0v) is 10.8. The molecule has 3 rings (SSSR count). The smallest absolute Gasteiger partial charge is 0.171 e. The molecule has 0 aliphatic heterocycles. The topological polar surface area (TPSA) is 57.0 Å². The summed E-state index contributed by atoms with van der Waals surface area (Å²) in [6.45, 7) is 2.03. The number of halogens is 1. The van der Waals surface area contributed by atoms with Crippen molar-refractivity contribution in [3.05, 3.63) is 35.0 Å². The maximum atomic E-state index is 6.06. The molecule has 18 heavy (non-hydrogen) atoms. The maximum Gasteiger partial charge on any atom is 0.171 e. The van der Waals surface area contributed by atoms with Gasteiger partial charge in [-0.3, -0.25) is 0 Å². The molecule has 0 aliphatic rings. The number of benzene rings is 1. The minimum Gasteiger partial charge on any atom is -0.381 e. The number of nitrogens with zero attached hydrogens (tertiary/aromatic N) is 2. The van der Waals surface area contributed by atoms with Gasteiger partial charge >= 0.3 is 0 Å². The van der Waals surface area contributed by atoms with Crippen LogP contribution in [-0.4, -0.2) is 9.72 Å². The molecular formula is C13H12ClN3O. The molecule has 0 spiro atoms. The highest BCUT2D eigenvalue weighted by Gasteiger charge is 2.17. The predicted octanol–water partition coefficient (Wildman–Crippen LogP) is 3.38. The molecular weight excluding hydrogens is 250 g/mol. The largest absolute Gasteiger partial charge is 0.381 e. The van der Waals surface area contributed by atoms with E-state index in [9.17, 15) is 0 Å². The number of rotatable bonds is 1. The number of hydrogen-bond acceptors (Lipinski definition) is 3. The summed E-state index contributed by atoms with van der Waals surface area (Å²) < 4.78 is 7.36. The molecule has 2 N–H and O–H groups in total. The van der Waals surface area contributed by atoms with Gasteiger partial charge in [-0.25, -0.2) is 0 Å². The van der Waals surface area contributed by atoms with Crippen molar-refractivity contribution in [3.8, 4) is 11.3 Å². The molecule has 5 heteroatoms. The minimum absolute atomic E-state index is 0.378. The van der Waals surface area contributed by atoms with Gasteiger partial charge in [0.15, 0.2) is 11.6 Å². The Morgan fingerprint density at radius 2 is 2.11 bits per heavy atom. The Hall–Kier alpha value is -1.94. The Labute approximate surface area is 109 Å². The molecule has 92 valence electrons. The van der Waals surface area contributed by atoms with Gasteiger partial charge in [0.1, 0.15) is 0 Å². The second-order valence-electron chi connectivity index (χ2n) is 4.30. The number of aromatic nitrogens is 2. The predicted molar refractivity (Wildman–Crippen MR) is 72.6 cm³/mol. The molecule has 0 bridgehead atoms. The zero-order valence-electron chi connectivity index (χ0n) is 10.1. The highest BCUT2D eigenvalue weighted by atomic mass is 35.5. The molecule has 2 heterocycles. The molecule has 0 unspecified atom stereocenters. The van der Waals surface area contributed by atoms with Gasteiger partial charge in [0.2, 0.25) is 0 Å². The van der Waals surface area contributed by atoms with Crippen molar-refractivity contribution in [1.82, 2.24) is 9.72 Å². The van der Waals surface area contributed by atoms with Crippen LogP contribution in [0.4, 0.5) is 5.82 Å². The first-order valence-electron chi connectivity index (χ1n) is 5.55. The number of hydrogen-bond donors (Lipinski definition) is 1. The normalized spacial score (nSPS) is 11.3. The van der Waals surface area contributed by atoms with E-state index in [4.69, 9.17) is 21.9 Å². The lowest BCUT2D eigenvalue weighted by Crippen LogP contribution is -1.89. The van der Waals surface area contributed by atoms with Gasteiger partial charge in [-0.05, 0) is 25.1 Å². The number of nitrogen functional groups attached to an aromatic ring is 1. The van der Waals surface area contributed by atoms with E-state index < -0.39 is 0 Å². The van der Waals surface area contributed by atoms with Gasteiger partial charge in [0.25, 0.3) is 0 Å². The fourth-order valence-electron chi connectivity index (χ4n) is 2.26. The van der Waals surface area contributed by atoms with Crippen LogP contribution in [0.2, 0.25) is 5.02 Å². The number of nitrogens with two attached hydrogens (primary N) is 1. The fraction of sp³-hybridized carbons (Fsp3) is 0.154. The van der Waals surface area contributed by atoms with E-state index in [1.807, 2.05) is 32.2 Å². The molecule has 0 saturated heterocycles. The zero-order chi connectivity index (χ0) is 12.9. The average Bonchev–Trinajstić information content (AvgIpc) is 2.84. The Balaban J connectivity index is 2.40. The lowest BCUT2D eigenvalue weighted by Gasteiger charge is -1.98. The summed E-state index contributed by atoms with van der Waals surface area (Å²) in [4.78, 5) is 0. The van der Waals surface area contributed by atoms with Gasteiger partial charge in [-0.1, -0.05) is 16.8 Å². The van der Waals surface area contributed by atoms with Crippen molar-refractivity contribution in [2.24, 2.45) is 7.05 Å². The van der Waals surface area contributed by atoms with Gasteiger partial charge in [0, 0.05) is 40.3 Å². The Kier molecular flexibility index (Phi) is 2.35. The molecule has 0 saturated carbocycles. The highest BCUT2D eigenvalue weighted by Crippen LogP contribution is 2.35. The SMILES string of the molecule is Cc1c(-c2cc(N)no2)c2cc(Cl)ccc2n1C. The van der Waals surface area contributed by atoms with Gasteiger partial charge in [-0.15, -0.1) is 0 Å². The number of aryl methyl sites for hydroxylation is 1. The Morgan fingerprint density at radius 3 is 2.78 bits per heavy atom. The lowest BCUT2D eigenvalue weighted by molar-refractivity contribution is 0.436. The fourth-order valence-corrected chi connectivity index (χ4v) is 2.43. The molecule has 0 aliphatic carbocycles. The van der Waals surface area contributed by atoms with E-state index in [2.05, 4.69) is 9.72 Å². The molecule has 0 atom stereocenters. The summed E-state index contributed by atoms with van der Waals surface area (Å²) in [6.07, 6.45) is 0. The van der Waals surface area contributed by atoms with Gasteiger partial charge in [-0.2, -0.15) is 0 Å². The van der Waals surface area contributed by atoms with E-state index in [-0.39, 0.29) is 0 Å². The van der Waals surface area contributed by atoms with E-state index in [0.29, 0.717) is 16.6 Å². The van der Waals surface area contributed by atoms with Crippen LogP contribution in [0.25, 0.3) is 22.2 Å². The molecule has 2 aromatic heterocycles. The van der Waals surface area contributed by atoms with Crippen LogP contribution in [0, 0.1) is 6.92 Å². The first-order valence-corrected chi connectivity index (χ1v) is 5.93. The molecule has 3 aromatic rings. The first-order chi connectivity index (χ1) is 8.58. The third-order valence-corrected chi connectivity index (χ3v) is 3.46. The van der Waals surface area contributed by atoms with Gasteiger partial charge < -0.3 is 14.8 Å². The van der Waals surface area contributed by atoms with Crippen molar-refractivity contribution in [2.45, 2.75) is 6.92 Å². The monoisotopic (exact) mass is 261 g/mol. The van der Waals surface area contributed by atoms with E-state index in [0.717, 1.165) is 22.2 Å². The van der Waals surface area contributed by atoms with Crippen LogP contribution in [0.1, 0.15) is 5.69 Å². The van der Waals surface area contributed by atoms with Crippen molar-refractivity contribution in [3.63, 3.8) is 0 Å². The van der Waals surface area contributed by atoms with E-state index in [1.165, 1.54) is 0 Å². The molecule has 0 radical (unpaired) electrons. The molecule has 0 fully saturated rings. The highest BCUT2D eigenvalue weighted by molar-refractivity contribution is 6.31. The number of anilines is 1. The number of fused-ring (bicyclic) bond motifs is 1. The van der Waals surface area contributed by atoms with Crippen molar-refractivity contribution < 1.29 is 4.52 Å². The van der Waals surface area contributed by atoms with Crippen LogP contribution in [0.15, 0.2) is 28.8 Å². The Bertz CT molecular complexity index is 742. The molecule has 4 nitrogen and oxygen atoms in total. The molecule has 0 amide bonds.